The largest absolute Gasteiger partial charge is 0.437 e. The summed E-state index contributed by atoms with van der Waals surface area (Å²) < 4.78 is 13.9. The first-order valence-corrected chi connectivity index (χ1v) is 14.7. The van der Waals surface area contributed by atoms with Crippen LogP contribution in [0.15, 0.2) is 45.2 Å². The maximum Gasteiger partial charge on any atom is 0.220 e. The van der Waals surface area contributed by atoms with E-state index < -0.39 is 0 Å². The van der Waals surface area contributed by atoms with Crippen LogP contribution in [0.1, 0.15) is 48.6 Å². The number of oxazole rings is 2. The number of rotatable bonds is 16. The van der Waals surface area contributed by atoms with Crippen molar-refractivity contribution in [2.45, 2.75) is 38.5 Å². The Morgan fingerprint density at radius 3 is 1.43 bits per heavy atom. The van der Waals surface area contributed by atoms with Crippen LogP contribution in [-0.2, 0) is 12.8 Å². The predicted molar refractivity (Wildman–Crippen MR) is 165 cm³/mol. The van der Waals surface area contributed by atoms with Crippen LogP contribution < -0.4 is 11.5 Å². The molecule has 0 radical (unpaired) electrons. The first-order valence-electron chi connectivity index (χ1n) is 14.7. The molecule has 0 unspecified atom stereocenters. The molecule has 0 spiro atoms. The minimum atomic E-state index is 0.546. The summed E-state index contributed by atoms with van der Waals surface area (Å²) in [5.74, 6) is 1.09. The van der Waals surface area contributed by atoms with Crippen LogP contribution in [0.4, 0.5) is 0 Å². The van der Waals surface area contributed by atoms with Gasteiger partial charge in [0.1, 0.15) is 11.0 Å². The van der Waals surface area contributed by atoms with E-state index in [0.29, 0.717) is 11.8 Å². The first kappa shape index (κ1) is 29.9. The van der Waals surface area contributed by atoms with Gasteiger partial charge in [-0.2, -0.15) is 0 Å². The smallest absolute Gasteiger partial charge is 0.220 e. The summed E-state index contributed by atoms with van der Waals surface area (Å²) in [6.07, 6.45) is 10.1. The van der Waals surface area contributed by atoms with Gasteiger partial charge in [-0.3, -0.25) is 0 Å². The lowest BCUT2D eigenvalue weighted by atomic mass is 10.1. The molecule has 4 rings (SSSR count). The SMILES string of the molecule is C[N+](C)(CCCN)CCCc1ccc2oc(/C=C/c3nc4cc(CCC[N+](C)(C)CCCN)ccc4o3)nc2c1. The standard InChI is InChI=1S/C32H48N6O2/c1-37(2,21-7-17-33)19-5-9-25-11-13-29-27(23-25)35-31(39-29)15-16-32-36-28-24-26(12-14-30(28)40-32)10-6-20-38(3,4)22-8-18-34/h11-16,23-24H,5-10,17-22,33-34H2,1-4H3/q+2/b16-15+. The zero-order valence-electron chi connectivity index (χ0n) is 24.9. The van der Waals surface area contributed by atoms with Gasteiger partial charge in [-0.05, 0) is 61.3 Å². The van der Waals surface area contributed by atoms with Crippen molar-refractivity contribution >= 4 is 34.4 Å². The average molecular weight is 549 g/mol. The molecule has 0 amide bonds. The molecule has 0 aliphatic carbocycles. The molecule has 2 aromatic carbocycles. The fourth-order valence-corrected chi connectivity index (χ4v) is 5.26. The van der Waals surface area contributed by atoms with Crippen LogP contribution in [-0.4, -0.2) is 86.4 Å². The van der Waals surface area contributed by atoms with Crippen molar-refractivity contribution in [3.05, 3.63) is 59.3 Å². The van der Waals surface area contributed by atoms with Gasteiger partial charge in [-0.25, -0.2) is 9.97 Å². The molecule has 0 aliphatic heterocycles. The number of hydrogen-bond acceptors (Lipinski definition) is 6. The molecule has 0 bridgehead atoms. The van der Waals surface area contributed by atoms with Gasteiger partial charge < -0.3 is 29.3 Å². The van der Waals surface area contributed by atoms with E-state index in [0.717, 1.165) is 109 Å². The highest BCUT2D eigenvalue weighted by atomic mass is 16.4. The molecule has 40 heavy (non-hydrogen) atoms. The van der Waals surface area contributed by atoms with Crippen LogP contribution in [0.5, 0.6) is 0 Å². The maximum absolute atomic E-state index is 5.95. The number of nitrogens with two attached hydrogens (primary N) is 2. The fourth-order valence-electron chi connectivity index (χ4n) is 5.26. The number of quaternary nitrogens is 2. The Balaban J connectivity index is 1.34. The Hall–Kier alpha value is -3.04. The predicted octanol–water partition coefficient (Wildman–Crippen LogP) is 4.86. The second-order valence-electron chi connectivity index (χ2n) is 12.3. The molecule has 0 atom stereocenters. The molecule has 216 valence electrons. The van der Waals surface area contributed by atoms with E-state index in [-0.39, 0.29) is 0 Å². The Bertz CT molecular complexity index is 1300. The molecule has 4 N–H and O–H groups in total. The quantitative estimate of drug-likeness (QED) is 0.194. The third-order valence-corrected chi connectivity index (χ3v) is 7.70. The topological polar surface area (TPSA) is 104 Å². The van der Waals surface area contributed by atoms with Gasteiger partial charge in [0.15, 0.2) is 11.2 Å². The van der Waals surface area contributed by atoms with Crippen molar-refractivity contribution in [2.24, 2.45) is 11.5 Å². The van der Waals surface area contributed by atoms with Gasteiger partial charge in [0.05, 0.1) is 54.4 Å². The van der Waals surface area contributed by atoms with E-state index in [1.165, 1.54) is 11.1 Å². The molecule has 0 aliphatic rings. The van der Waals surface area contributed by atoms with Crippen LogP contribution in [0.2, 0.25) is 0 Å². The summed E-state index contributed by atoms with van der Waals surface area (Å²) in [7, 11) is 9.10. The van der Waals surface area contributed by atoms with E-state index in [2.05, 4.69) is 62.4 Å². The van der Waals surface area contributed by atoms with E-state index >= 15 is 0 Å². The summed E-state index contributed by atoms with van der Waals surface area (Å²) in [6.45, 7) is 5.99. The third-order valence-electron chi connectivity index (χ3n) is 7.70. The van der Waals surface area contributed by atoms with Gasteiger partial charge in [0, 0.05) is 37.8 Å². The Morgan fingerprint density at radius 1 is 0.625 bits per heavy atom. The zero-order valence-corrected chi connectivity index (χ0v) is 24.9. The summed E-state index contributed by atoms with van der Waals surface area (Å²) in [5, 5.41) is 0. The van der Waals surface area contributed by atoms with E-state index in [9.17, 15) is 0 Å². The third kappa shape index (κ3) is 8.73. The molecule has 4 aromatic rings. The lowest BCUT2D eigenvalue weighted by molar-refractivity contribution is -0.890. The Morgan fingerprint density at radius 2 is 1.02 bits per heavy atom. The summed E-state index contributed by atoms with van der Waals surface area (Å²) in [6, 6.07) is 12.6. The minimum Gasteiger partial charge on any atom is -0.437 e. The molecule has 2 aromatic heterocycles. The Kier molecular flexibility index (Phi) is 10.1. The highest BCUT2D eigenvalue weighted by molar-refractivity contribution is 5.78. The van der Waals surface area contributed by atoms with Crippen molar-refractivity contribution < 1.29 is 17.8 Å². The summed E-state index contributed by atoms with van der Waals surface area (Å²) in [5.41, 5.74) is 17.2. The zero-order chi connectivity index (χ0) is 28.6. The second-order valence-corrected chi connectivity index (χ2v) is 12.3. The van der Waals surface area contributed by atoms with Crippen molar-refractivity contribution in [1.29, 1.82) is 0 Å². The average Bonchev–Trinajstić information content (AvgIpc) is 3.52. The Labute approximate surface area is 238 Å². The second kappa shape index (κ2) is 13.5. The molecule has 0 saturated heterocycles. The van der Waals surface area contributed by atoms with Crippen LogP contribution in [0.3, 0.4) is 0 Å². The van der Waals surface area contributed by atoms with Crippen molar-refractivity contribution in [3.8, 4) is 0 Å². The molecular weight excluding hydrogens is 500 g/mol. The lowest BCUT2D eigenvalue weighted by Gasteiger charge is -2.29. The van der Waals surface area contributed by atoms with Crippen LogP contribution in [0, 0.1) is 0 Å². The first-order chi connectivity index (χ1) is 19.2. The normalized spacial score (nSPS) is 12.8. The number of nitrogens with zero attached hydrogens (tertiary/aromatic N) is 4. The van der Waals surface area contributed by atoms with Gasteiger partial charge >= 0.3 is 0 Å². The maximum atomic E-state index is 5.95. The molecule has 0 fully saturated rings. The molecule has 0 saturated carbocycles. The van der Waals surface area contributed by atoms with Gasteiger partial charge in [0.2, 0.25) is 11.8 Å². The van der Waals surface area contributed by atoms with Gasteiger partial charge in [0.25, 0.3) is 0 Å². The minimum absolute atomic E-state index is 0.546. The highest BCUT2D eigenvalue weighted by Crippen LogP contribution is 2.22. The monoisotopic (exact) mass is 548 g/mol. The van der Waals surface area contributed by atoms with E-state index in [1.54, 1.807) is 0 Å². The summed E-state index contributed by atoms with van der Waals surface area (Å²) in [4.78, 5) is 9.35. The number of aryl methyl sites for hydroxylation is 2. The summed E-state index contributed by atoms with van der Waals surface area (Å²) >= 11 is 0. The van der Waals surface area contributed by atoms with Crippen LogP contribution >= 0.6 is 0 Å². The van der Waals surface area contributed by atoms with Crippen molar-refractivity contribution in [2.75, 3.05) is 67.5 Å². The van der Waals surface area contributed by atoms with Crippen LogP contribution in [0.25, 0.3) is 34.4 Å². The fraction of sp³-hybridized carbons (Fsp3) is 0.500. The molecule has 8 heteroatoms. The van der Waals surface area contributed by atoms with E-state index in [1.807, 2.05) is 24.3 Å². The number of aromatic nitrogens is 2. The molecule has 8 nitrogen and oxygen atoms in total. The molecular formula is C32H48N6O2+2. The number of benzene rings is 2. The van der Waals surface area contributed by atoms with Crippen molar-refractivity contribution in [3.63, 3.8) is 0 Å². The highest BCUT2D eigenvalue weighted by Gasteiger charge is 2.15. The van der Waals surface area contributed by atoms with E-state index in [4.69, 9.17) is 20.3 Å². The number of fused-ring (bicyclic) bond motifs is 2. The van der Waals surface area contributed by atoms with Gasteiger partial charge in [-0.1, -0.05) is 12.1 Å². The van der Waals surface area contributed by atoms with Gasteiger partial charge in [-0.15, -0.1) is 0 Å². The van der Waals surface area contributed by atoms with Crippen molar-refractivity contribution in [1.82, 2.24) is 9.97 Å². The number of hydrogen-bond donors (Lipinski definition) is 2. The molecule has 2 heterocycles. The lowest BCUT2D eigenvalue weighted by Crippen LogP contribution is -2.42.